The van der Waals surface area contributed by atoms with E-state index in [2.05, 4.69) is 32.6 Å². The Bertz CT molecular complexity index is 481. The second-order valence-electron chi connectivity index (χ2n) is 7.21. The van der Waals surface area contributed by atoms with Crippen molar-refractivity contribution < 1.29 is 4.79 Å². The number of Topliss-reactive ketones (excluding diaryl/α,β-unsaturated/α-hetero) is 1. The van der Waals surface area contributed by atoms with Gasteiger partial charge in [0.2, 0.25) is 0 Å². The minimum absolute atomic E-state index is 0.249. The molecule has 0 unspecified atom stereocenters. The fourth-order valence-corrected chi connectivity index (χ4v) is 3.97. The van der Waals surface area contributed by atoms with Crippen molar-refractivity contribution in [1.82, 2.24) is 4.90 Å². The fraction of sp³-hybridized carbons (Fsp3) is 0.611. The molecule has 2 rings (SSSR count). The Balaban J connectivity index is 2.02. The zero-order valence-corrected chi connectivity index (χ0v) is 14.5. The van der Waals surface area contributed by atoms with E-state index in [9.17, 15) is 4.79 Å². The predicted octanol–water partition coefficient (Wildman–Crippen LogP) is 4.11. The second-order valence-corrected chi connectivity index (χ2v) is 9.02. The lowest BCUT2D eigenvalue weighted by molar-refractivity contribution is 0.0768. The molecule has 0 amide bonds. The first-order valence-electron chi connectivity index (χ1n) is 7.76. The summed E-state index contributed by atoms with van der Waals surface area (Å²) in [6.45, 7) is 11.8. The van der Waals surface area contributed by atoms with Crippen LogP contribution in [0.4, 0.5) is 0 Å². The van der Waals surface area contributed by atoms with Gasteiger partial charge in [0.1, 0.15) is 0 Å². The SMILES string of the molecule is CC1(C)CCN(CC(C)(C)C(=O)c2ccccc2)CCS1. The van der Waals surface area contributed by atoms with Crippen LogP contribution in [0.2, 0.25) is 0 Å². The Hall–Kier alpha value is -0.800. The number of carbonyl (C=O) groups is 1. The Morgan fingerprint density at radius 3 is 2.57 bits per heavy atom. The molecule has 0 aliphatic carbocycles. The van der Waals surface area contributed by atoms with Gasteiger partial charge >= 0.3 is 0 Å². The molecule has 0 N–H and O–H groups in total. The molecule has 0 atom stereocenters. The van der Waals surface area contributed by atoms with Crippen molar-refractivity contribution in [2.24, 2.45) is 5.41 Å². The van der Waals surface area contributed by atoms with Gasteiger partial charge in [-0.2, -0.15) is 11.8 Å². The molecule has 0 bridgehead atoms. The van der Waals surface area contributed by atoms with Crippen LogP contribution >= 0.6 is 11.8 Å². The van der Waals surface area contributed by atoms with Crippen molar-refractivity contribution in [3.63, 3.8) is 0 Å². The molecule has 1 saturated heterocycles. The van der Waals surface area contributed by atoms with Crippen molar-refractivity contribution in [2.45, 2.75) is 38.9 Å². The topological polar surface area (TPSA) is 20.3 Å². The Kier molecular flexibility index (Phi) is 5.15. The lowest BCUT2D eigenvalue weighted by Gasteiger charge is -2.31. The van der Waals surface area contributed by atoms with Crippen LogP contribution in [0.5, 0.6) is 0 Å². The Labute approximate surface area is 133 Å². The smallest absolute Gasteiger partial charge is 0.169 e. The second kappa shape index (κ2) is 6.53. The average molecular weight is 305 g/mol. The number of ketones is 1. The van der Waals surface area contributed by atoms with Crippen LogP contribution in [-0.4, -0.2) is 40.8 Å². The highest BCUT2D eigenvalue weighted by Crippen LogP contribution is 2.32. The summed E-state index contributed by atoms with van der Waals surface area (Å²) in [7, 11) is 0. The van der Waals surface area contributed by atoms with E-state index in [0.717, 1.165) is 31.0 Å². The molecule has 3 heteroatoms. The van der Waals surface area contributed by atoms with Crippen molar-refractivity contribution in [1.29, 1.82) is 0 Å². The van der Waals surface area contributed by atoms with Gasteiger partial charge in [-0.25, -0.2) is 0 Å². The summed E-state index contributed by atoms with van der Waals surface area (Å²) in [4.78, 5) is 15.2. The van der Waals surface area contributed by atoms with E-state index >= 15 is 0 Å². The maximum Gasteiger partial charge on any atom is 0.169 e. The minimum atomic E-state index is -0.333. The van der Waals surface area contributed by atoms with Crippen LogP contribution in [0, 0.1) is 5.41 Å². The maximum atomic E-state index is 12.7. The normalized spacial score (nSPS) is 20.0. The largest absolute Gasteiger partial charge is 0.301 e. The first kappa shape index (κ1) is 16.6. The molecule has 21 heavy (non-hydrogen) atoms. The van der Waals surface area contributed by atoms with Crippen molar-refractivity contribution in [3.05, 3.63) is 35.9 Å². The summed E-state index contributed by atoms with van der Waals surface area (Å²) in [6.07, 6.45) is 1.19. The van der Waals surface area contributed by atoms with E-state index in [0.29, 0.717) is 4.75 Å². The summed E-state index contributed by atoms with van der Waals surface area (Å²) in [5.41, 5.74) is 0.493. The first-order chi connectivity index (χ1) is 9.80. The van der Waals surface area contributed by atoms with Crippen LogP contribution in [0.15, 0.2) is 30.3 Å². The molecular formula is C18H27NOS. The molecule has 0 aromatic heterocycles. The van der Waals surface area contributed by atoms with E-state index in [1.165, 1.54) is 6.42 Å². The van der Waals surface area contributed by atoms with E-state index in [4.69, 9.17) is 0 Å². The number of hydrogen-bond donors (Lipinski definition) is 0. The fourth-order valence-electron chi connectivity index (χ4n) is 2.83. The molecule has 1 aromatic carbocycles. The molecule has 1 heterocycles. The highest BCUT2D eigenvalue weighted by Gasteiger charge is 2.32. The van der Waals surface area contributed by atoms with Crippen LogP contribution in [0.25, 0.3) is 0 Å². The van der Waals surface area contributed by atoms with Gasteiger partial charge in [-0.15, -0.1) is 0 Å². The first-order valence-corrected chi connectivity index (χ1v) is 8.75. The standard InChI is InChI=1S/C18H27NOS/c1-17(2,16(20)15-8-6-5-7-9-15)14-19-11-10-18(3,4)21-13-12-19/h5-9H,10-14H2,1-4H3. The zero-order valence-electron chi connectivity index (χ0n) is 13.7. The minimum Gasteiger partial charge on any atom is -0.301 e. The summed E-state index contributed by atoms with van der Waals surface area (Å²) in [5.74, 6) is 1.40. The molecular weight excluding hydrogens is 278 g/mol. The number of carbonyl (C=O) groups excluding carboxylic acids is 1. The molecule has 0 radical (unpaired) electrons. The summed E-state index contributed by atoms with van der Waals surface area (Å²) in [5, 5.41) is 0. The molecule has 2 nitrogen and oxygen atoms in total. The van der Waals surface area contributed by atoms with Crippen LogP contribution in [0.3, 0.4) is 0 Å². The van der Waals surface area contributed by atoms with Crippen molar-refractivity contribution in [2.75, 3.05) is 25.4 Å². The lowest BCUT2D eigenvalue weighted by atomic mass is 9.83. The predicted molar refractivity (Wildman–Crippen MR) is 92.1 cm³/mol. The zero-order chi connectivity index (χ0) is 15.5. The Morgan fingerprint density at radius 1 is 1.24 bits per heavy atom. The molecule has 0 saturated carbocycles. The maximum absolute atomic E-state index is 12.7. The van der Waals surface area contributed by atoms with Crippen LogP contribution in [0.1, 0.15) is 44.5 Å². The van der Waals surface area contributed by atoms with Gasteiger partial charge < -0.3 is 4.90 Å². The molecule has 1 aliphatic heterocycles. The highest BCUT2D eigenvalue weighted by atomic mass is 32.2. The van der Waals surface area contributed by atoms with Gasteiger partial charge in [0, 0.05) is 34.6 Å². The van der Waals surface area contributed by atoms with Crippen LogP contribution in [-0.2, 0) is 0 Å². The van der Waals surface area contributed by atoms with Crippen molar-refractivity contribution >= 4 is 17.5 Å². The quantitative estimate of drug-likeness (QED) is 0.781. The third-order valence-corrected chi connectivity index (χ3v) is 5.57. The van der Waals surface area contributed by atoms with Gasteiger partial charge in [0.05, 0.1) is 0 Å². The number of hydrogen-bond acceptors (Lipinski definition) is 3. The monoisotopic (exact) mass is 305 g/mol. The van der Waals surface area contributed by atoms with Gasteiger partial charge in [-0.1, -0.05) is 58.0 Å². The lowest BCUT2D eigenvalue weighted by Crippen LogP contribution is -2.40. The van der Waals surface area contributed by atoms with Gasteiger partial charge in [-0.3, -0.25) is 4.79 Å². The van der Waals surface area contributed by atoms with E-state index in [1.54, 1.807) is 0 Å². The van der Waals surface area contributed by atoms with Gasteiger partial charge in [0.15, 0.2) is 5.78 Å². The van der Waals surface area contributed by atoms with E-state index in [1.807, 2.05) is 42.1 Å². The Morgan fingerprint density at radius 2 is 1.90 bits per heavy atom. The molecule has 116 valence electrons. The average Bonchev–Trinajstić information content (AvgIpc) is 2.60. The van der Waals surface area contributed by atoms with E-state index in [-0.39, 0.29) is 11.2 Å². The number of thioether (sulfide) groups is 1. The molecule has 1 aromatic rings. The number of benzene rings is 1. The summed E-state index contributed by atoms with van der Waals surface area (Å²) >= 11 is 2.05. The molecule has 0 spiro atoms. The summed E-state index contributed by atoms with van der Waals surface area (Å²) in [6, 6.07) is 9.68. The van der Waals surface area contributed by atoms with Crippen LogP contribution < -0.4 is 0 Å². The van der Waals surface area contributed by atoms with Crippen molar-refractivity contribution in [3.8, 4) is 0 Å². The van der Waals surface area contributed by atoms with E-state index < -0.39 is 0 Å². The molecule has 1 fully saturated rings. The third-order valence-electron chi connectivity index (χ3n) is 4.20. The summed E-state index contributed by atoms with van der Waals surface area (Å²) < 4.78 is 0.363. The molecule has 1 aliphatic rings. The van der Waals surface area contributed by atoms with Gasteiger partial charge in [-0.05, 0) is 13.0 Å². The van der Waals surface area contributed by atoms with Gasteiger partial charge in [0.25, 0.3) is 0 Å². The highest BCUT2D eigenvalue weighted by molar-refractivity contribution is 8.00. The third kappa shape index (κ3) is 4.58. The number of rotatable bonds is 4. The number of nitrogens with zero attached hydrogens (tertiary/aromatic N) is 1.